The van der Waals surface area contributed by atoms with Gasteiger partial charge in [0.05, 0.1) is 18.5 Å². The lowest BCUT2D eigenvalue weighted by molar-refractivity contribution is 0.203. The summed E-state index contributed by atoms with van der Waals surface area (Å²) in [6.07, 6.45) is -0.139. The molecule has 0 saturated carbocycles. The van der Waals surface area contributed by atoms with Gasteiger partial charge in [-0.2, -0.15) is 0 Å². The molecule has 4 heterocycles. The molecule has 51 heavy (non-hydrogen) atoms. The number of hydrogen-bond donors (Lipinski definition) is 3. The number of hydrogen-bond acceptors (Lipinski definition) is 6. The molecule has 0 bridgehead atoms. The third kappa shape index (κ3) is 4.94. The lowest BCUT2D eigenvalue weighted by Crippen LogP contribution is -2.54. The van der Waals surface area contributed by atoms with Crippen molar-refractivity contribution in [2.24, 2.45) is 0 Å². The summed E-state index contributed by atoms with van der Waals surface area (Å²) in [6.45, 7) is 0. The Labute approximate surface area is 306 Å². The molecule has 6 heteroatoms. The van der Waals surface area contributed by atoms with Crippen LogP contribution in [-0.2, 0) is 0 Å². The predicted octanol–water partition coefficient (Wildman–Crippen LogP) is 12.6. The largest absolute Gasteiger partial charge is 0.279 e. The van der Waals surface area contributed by atoms with Crippen molar-refractivity contribution in [2.45, 2.75) is 18.5 Å². The van der Waals surface area contributed by atoms with E-state index in [1.165, 1.54) is 88.3 Å². The Morgan fingerprint density at radius 2 is 0.824 bits per heavy atom. The highest BCUT2D eigenvalue weighted by molar-refractivity contribution is 7.27. The maximum atomic E-state index is 3.95. The molecule has 1 saturated heterocycles. The van der Waals surface area contributed by atoms with Gasteiger partial charge in [-0.05, 0) is 76.3 Å². The summed E-state index contributed by atoms with van der Waals surface area (Å²) in [4.78, 5) is 0. The Morgan fingerprint density at radius 1 is 0.333 bits per heavy atom. The number of nitrogens with one attached hydrogen (secondary N) is 3. The molecule has 7 aromatic carbocycles. The van der Waals surface area contributed by atoms with E-state index in [9.17, 15) is 0 Å². The Bertz CT molecular complexity index is 2940. The lowest BCUT2D eigenvalue weighted by Gasteiger charge is -2.39. The van der Waals surface area contributed by atoms with Gasteiger partial charge >= 0.3 is 0 Å². The fourth-order valence-electron chi connectivity index (χ4n) is 7.91. The minimum Gasteiger partial charge on any atom is -0.279 e. The van der Waals surface area contributed by atoms with E-state index in [1.807, 2.05) is 34.0 Å². The third-order valence-corrected chi connectivity index (χ3v) is 13.9. The van der Waals surface area contributed by atoms with Crippen LogP contribution in [0.25, 0.3) is 71.6 Å². The van der Waals surface area contributed by atoms with Crippen LogP contribution in [0.5, 0.6) is 0 Å². The van der Waals surface area contributed by atoms with Gasteiger partial charge in [0, 0.05) is 60.5 Å². The van der Waals surface area contributed by atoms with Gasteiger partial charge in [0.15, 0.2) is 0 Å². The molecular weight excluding hydrogens is 679 g/mol. The Kier molecular flexibility index (Phi) is 6.90. The quantitative estimate of drug-likeness (QED) is 0.170. The molecule has 3 N–H and O–H groups in total. The first-order chi connectivity index (χ1) is 25.2. The molecule has 11 rings (SSSR count). The van der Waals surface area contributed by atoms with Gasteiger partial charge in [0.25, 0.3) is 0 Å². The zero-order valence-corrected chi connectivity index (χ0v) is 29.8. The second-order valence-electron chi connectivity index (χ2n) is 13.4. The molecule has 0 amide bonds. The highest BCUT2D eigenvalue weighted by Gasteiger charge is 2.30. The molecular formula is C45H31N3S3. The van der Waals surface area contributed by atoms with Gasteiger partial charge in [0.2, 0.25) is 0 Å². The van der Waals surface area contributed by atoms with Crippen LogP contribution in [0.2, 0.25) is 0 Å². The van der Waals surface area contributed by atoms with Crippen molar-refractivity contribution < 1.29 is 0 Å². The minimum absolute atomic E-state index is 0.0271. The zero-order valence-electron chi connectivity index (χ0n) is 27.4. The average molecular weight is 710 g/mol. The van der Waals surface area contributed by atoms with Crippen LogP contribution in [0.4, 0.5) is 0 Å². The summed E-state index contributed by atoms with van der Waals surface area (Å²) in [5.41, 5.74) is 6.26. The SMILES string of the molecule is c1ccc(C2NC(c3ccc4sc5ccccc5c4c3)NC(c3ccc4sc5ccc(-c6cccc7c6sc6ccccc67)cc5c4c3)N2)cc1. The molecule has 0 radical (unpaired) electrons. The highest BCUT2D eigenvalue weighted by Crippen LogP contribution is 2.43. The number of fused-ring (bicyclic) bond motifs is 9. The average Bonchev–Trinajstić information content (AvgIpc) is 3.88. The molecule has 0 aliphatic carbocycles. The fraction of sp³-hybridized carbons (Fsp3) is 0.0667. The highest BCUT2D eigenvalue weighted by atomic mass is 32.1. The van der Waals surface area contributed by atoms with E-state index in [1.54, 1.807) is 0 Å². The lowest BCUT2D eigenvalue weighted by atomic mass is 9.99. The van der Waals surface area contributed by atoms with Gasteiger partial charge < -0.3 is 0 Å². The first kappa shape index (κ1) is 29.8. The molecule has 3 aromatic heterocycles. The maximum Gasteiger partial charge on any atom is 0.0864 e. The van der Waals surface area contributed by atoms with Crippen molar-refractivity contribution in [3.63, 3.8) is 0 Å². The summed E-state index contributed by atoms with van der Waals surface area (Å²) >= 11 is 5.63. The molecule has 1 aliphatic heterocycles. The van der Waals surface area contributed by atoms with Crippen LogP contribution in [0.15, 0.2) is 152 Å². The normalized spacial score (nSPS) is 18.2. The molecule has 0 spiro atoms. The Balaban J connectivity index is 1.01. The number of benzene rings is 7. The van der Waals surface area contributed by atoms with Crippen LogP contribution in [-0.4, -0.2) is 0 Å². The van der Waals surface area contributed by atoms with E-state index in [-0.39, 0.29) is 18.5 Å². The van der Waals surface area contributed by atoms with Crippen molar-refractivity contribution in [2.75, 3.05) is 0 Å². The van der Waals surface area contributed by atoms with Crippen molar-refractivity contribution in [1.82, 2.24) is 16.0 Å². The van der Waals surface area contributed by atoms with E-state index in [0.717, 1.165) is 0 Å². The second-order valence-corrected chi connectivity index (χ2v) is 16.6. The van der Waals surface area contributed by atoms with E-state index in [2.05, 4.69) is 168 Å². The molecule has 3 nitrogen and oxygen atoms in total. The van der Waals surface area contributed by atoms with Crippen molar-refractivity contribution in [1.29, 1.82) is 0 Å². The van der Waals surface area contributed by atoms with Crippen LogP contribution >= 0.6 is 34.0 Å². The standard InChI is InChI=1S/C45H31N3S3/c1-2-9-26(10-3-1)43-46-44(28-18-21-39-34(24-28)32-12-5-6-15-37(32)49-39)48-45(47-43)29-19-22-41-36(25-29)35-23-27(17-20-40(35)50-41)30-13-8-14-33-31-11-4-7-16-38(31)51-42(30)33/h1-25,43-48H. The van der Waals surface area contributed by atoms with Crippen LogP contribution in [0.1, 0.15) is 35.2 Å². The Hall–Kier alpha value is -4.92. The minimum atomic E-state index is -0.0637. The van der Waals surface area contributed by atoms with Gasteiger partial charge in [-0.3, -0.25) is 16.0 Å². The summed E-state index contributed by atoms with van der Waals surface area (Å²) < 4.78 is 7.97. The molecule has 1 aliphatic rings. The maximum absolute atomic E-state index is 3.95. The number of thiophene rings is 3. The van der Waals surface area contributed by atoms with E-state index in [0.29, 0.717) is 0 Å². The summed E-state index contributed by atoms with van der Waals surface area (Å²) in [5, 5.41) is 19.7. The zero-order chi connectivity index (χ0) is 33.5. The van der Waals surface area contributed by atoms with Crippen LogP contribution in [0.3, 0.4) is 0 Å². The molecule has 10 aromatic rings. The van der Waals surface area contributed by atoms with Crippen molar-refractivity contribution >= 4 is 94.5 Å². The first-order valence-corrected chi connectivity index (χ1v) is 19.8. The molecule has 1 fully saturated rings. The third-order valence-electron chi connectivity index (χ3n) is 10.4. The summed E-state index contributed by atoms with van der Waals surface area (Å²) in [7, 11) is 0. The monoisotopic (exact) mass is 709 g/mol. The smallest absolute Gasteiger partial charge is 0.0864 e. The van der Waals surface area contributed by atoms with Crippen molar-refractivity contribution in [3.8, 4) is 11.1 Å². The topological polar surface area (TPSA) is 36.1 Å². The number of rotatable bonds is 4. The van der Waals surface area contributed by atoms with E-state index >= 15 is 0 Å². The van der Waals surface area contributed by atoms with Gasteiger partial charge in [-0.1, -0.05) is 103 Å². The van der Waals surface area contributed by atoms with Gasteiger partial charge in [-0.25, -0.2) is 0 Å². The fourth-order valence-corrected chi connectivity index (χ4v) is 11.3. The predicted molar refractivity (Wildman–Crippen MR) is 221 cm³/mol. The first-order valence-electron chi connectivity index (χ1n) is 17.3. The summed E-state index contributed by atoms with van der Waals surface area (Å²) in [5.74, 6) is 0. The van der Waals surface area contributed by atoms with Gasteiger partial charge in [0.1, 0.15) is 0 Å². The second kappa shape index (κ2) is 11.8. The molecule has 3 unspecified atom stereocenters. The Morgan fingerprint density at radius 3 is 1.51 bits per heavy atom. The summed E-state index contributed by atoms with van der Waals surface area (Å²) in [6, 6.07) is 55.9. The van der Waals surface area contributed by atoms with Crippen molar-refractivity contribution in [3.05, 3.63) is 168 Å². The van der Waals surface area contributed by atoms with Gasteiger partial charge in [-0.15, -0.1) is 34.0 Å². The van der Waals surface area contributed by atoms with E-state index < -0.39 is 0 Å². The van der Waals surface area contributed by atoms with E-state index in [4.69, 9.17) is 0 Å². The van der Waals surface area contributed by atoms with Crippen LogP contribution in [0, 0.1) is 0 Å². The molecule has 244 valence electrons. The van der Waals surface area contributed by atoms with Crippen LogP contribution < -0.4 is 16.0 Å². The molecule has 3 atom stereocenters.